The van der Waals surface area contributed by atoms with Crippen LogP contribution in [0, 0.1) is 5.41 Å². The van der Waals surface area contributed by atoms with Gasteiger partial charge < -0.3 is 16.2 Å². The molecule has 4 N–H and O–H groups in total. The molecule has 0 spiro atoms. The first-order chi connectivity index (χ1) is 8.86. The third-order valence-corrected chi connectivity index (χ3v) is 4.81. The molecule has 1 aromatic rings. The van der Waals surface area contributed by atoms with Crippen molar-refractivity contribution in [2.75, 3.05) is 30.5 Å². The molecule has 0 aliphatic heterocycles. The molecule has 1 saturated carbocycles. The maximum Gasteiger partial charge on any atom is 0.175 e. The van der Waals surface area contributed by atoms with Crippen molar-refractivity contribution < 1.29 is 13.5 Å². The zero-order chi connectivity index (χ0) is 14.1. The van der Waals surface area contributed by atoms with E-state index in [-0.39, 0.29) is 16.9 Å². The average Bonchev–Trinajstić information content (AvgIpc) is 3.07. The van der Waals surface area contributed by atoms with Gasteiger partial charge in [0.05, 0.1) is 16.3 Å². The number of aliphatic hydroxyl groups excluding tert-OH is 1. The van der Waals surface area contributed by atoms with E-state index < -0.39 is 9.84 Å². The summed E-state index contributed by atoms with van der Waals surface area (Å²) in [5.41, 5.74) is 7.24. The first-order valence-corrected chi connectivity index (χ1v) is 8.20. The SMILES string of the molecule is CS(=O)(=O)c1ccc(NCC2(CCO)CC2)c(N)c1. The Kier molecular flexibility index (Phi) is 3.73. The number of nitrogen functional groups attached to an aromatic ring is 1. The van der Waals surface area contributed by atoms with Gasteiger partial charge in [-0.05, 0) is 42.9 Å². The quantitative estimate of drug-likeness (QED) is 0.684. The van der Waals surface area contributed by atoms with Crippen molar-refractivity contribution in [2.24, 2.45) is 5.41 Å². The third kappa shape index (κ3) is 3.39. The molecule has 1 aromatic carbocycles. The van der Waals surface area contributed by atoms with E-state index in [1.807, 2.05) is 0 Å². The minimum Gasteiger partial charge on any atom is -0.397 e. The number of hydrogen-bond donors (Lipinski definition) is 3. The van der Waals surface area contributed by atoms with Crippen molar-refractivity contribution in [2.45, 2.75) is 24.2 Å². The smallest absolute Gasteiger partial charge is 0.175 e. The summed E-state index contributed by atoms with van der Waals surface area (Å²) >= 11 is 0. The monoisotopic (exact) mass is 284 g/mol. The minimum absolute atomic E-state index is 0.191. The minimum atomic E-state index is -3.22. The van der Waals surface area contributed by atoms with Crippen molar-refractivity contribution >= 4 is 21.2 Å². The van der Waals surface area contributed by atoms with Crippen LogP contribution in [-0.2, 0) is 9.84 Å². The highest BCUT2D eigenvalue weighted by Gasteiger charge is 2.41. The van der Waals surface area contributed by atoms with Crippen molar-refractivity contribution in [1.82, 2.24) is 0 Å². The number of sulfone groups is 1. The van der Waals surface area contributed by atoms with Gasteiger partial charge in [-0.3, -0.25) is 0 Å². The summed E-state index contributed by atoms with van der Waals surface area (Å²) in [6.45, 7) is 0.958. The number of aliphatic hydroxyl groups is 1. The Balaban J connectivity index is 2.06. The van der Waals surface area contributed by atoms with Gasteiger partial charge in [0, 0.05) is 19.4 Å². The van der Waals surface area contributed by atoms with E-state index >= 15 is 0 Å². The number of anilines is 2. The van der Waals surface area contributed by atoms with Crippen molar-refractivity contribution in [3.63, 3.8) is 0 Å². The summed E-state index contributed by atoms with van der Waals surface area (Å²) in [5, 5.41) is 12.2. The summed E-state index contributed by atoms with van der Waals surface area (Å²) in [7, 11) is -3.22. The molecule has 0 aromatic heterocycles. The lowest BCUT2D eigenvalue weighted by Crippen LogP contribution is -2.17. The van der Waals surface area contributed by atoms with E-state index in [2.05, 4.69) is 5.32 Å². The molecule has 5 nitrogen and oxygen atoms in total. The topological polar surface area (TPSA) is 92.4 Å². The Bertz CT molecular complexity index is 565. The van der Waals surface area contributed by atoms with Gasteiger partial charge >= 0.3 is 0 Å². The van der Waals surface area contributed by atoms with Crippen LogP contribution in [0.25, 0.3) is 0 Å². The van der Waals surface area contributed by atoms with Crippen LogP contribution in [0.5, 0.6) is 0 Å². The second-order valence-corrected chi connectivity index (χ2v) is 7.36. The van der Waals surface area contributed by atoms with E-state index in [9.17, 15) is 8.42 Å². The summed E-state index contributed by atoms with van der Waals surface area (Å²) < 4.78 is 22.8. The molecule has 2 rings (SSSR count). The maximum atomic E-state index is 11.4. The predicted octanol–water partition coefficient (Wildman–Crippen LogP) is 1.25. The molecule has 1 fully saturated rings. The van der Waals surface area contributed by atoms with E-state index in [1.165, 1.54) is 6.07 Å². The summed E-state index contributed by atoms with van der Waals surface area (Å²) in [6, 6.07) is 4.73. The van der Waals surface area contributed by atoms with Gasteiger partial charge in [-0.15, -0.1) is 0 Å². The average molecular weight is 284 g/mol. The standard InChI is InChI=1S/C13H20N2O3S/c1-19(17,18)10-2-3-12(11(14)8-10)15-9-13(4-5-13)6-7-16/h2-3,8,15-16H,4-7,9,14H2,1H3. The molecule has 0 atom stereocenters. The highest BCUT2D eigenvalue weighted by atomic mass is 32.2. The second kappa shape index (κ2) is 5.02. The fourth-order valence-electron chi connectivity index (χ4n) is 2.14. The van der Waals surface area contributed by atoms with Crippen LogP contribution in [0.2, 0.25) is 0 Å². The molecule has 1 aliphatic rings. The third-order valence-electron chi connectivity index (χ3n) is 3.70. The molecular weight excluding hydrogens is 264 g/mol. The largest absolute Gasteiger partial charge is 0.397 e. The number of rotatable bonds is 6. The second-order valence-electron chi connectivity index (χ2n) is 5.35. The van der Waals surface area contributed by atoms with Crippen molar-refractivity contribution in [3.8, 4) is 0 Å². The lowest BCUT2D eigenvalue weighted by Gasteiger charge is -2.17. The summed E-state index contributed by atoms with van der Waals surface area (Å²) in [6.07, 6.45) is 4.18. The summed E-state index contributed by atoms with van der Waals surface area (Å²) in [5.74, 6) is 0. The van der Waals surface area contributed by atoms with Gasteiger partial charge in [0.2, 0.25) is 0 Å². The van der Waals surface area contributed by atoms with E-state index in [1.54, 1.807) is 12.1 Å². The highest BCUT2D eigenvalue weighted by molar-refractivity contribution is 7.90. The molecule has 0 saturated heterocycles. The molecule has 0 unspecified atom stereocenters. The van der Waals surface area contributed by atoms with Crippen LogP contribution in [0.1, 0.15) is 19.3 Å². The molecular formula is C13H20N2O3S. The zero-order valence-electron chi connectivity index (χ0n) is 11.0. The summed E-state index contributed by atoms with van der Waals surface area (Å²) in [4.78, 5) is 0.229. The zero-order valence-corrected chi connectivity index (χ0v) is 11.8. The molecule has 0 radical (unpaired) electrons. The van der Waals surface area contributed by atoms with Crippen molar-refractivity contribution in [3.05, 3.63) is 18.2 Å². The van der Waals surface area contributed by atoms with Crippen LogP contribution in [0.15, 0.2) is 23.1 Å². The Morgan fingerprint density at radius 3 is 2.58 bits per heavy atom. The van der Waals surface area contributed by atoms with Gasteiger partial charge in [-0.1, -0.05) is 0 Å². The van der Waals surface area contributed by atoms with E-state index in [0.29, 0.717) is 5.69 Å². The first-order valence-electron chi connectivity index (χ1n) is 6.31. The number of nitrogens with one attached hydrogen (secondary N) is 1. The van der Waals surface area contributed by atoms with Gasteiger partial charge in [0.25, 0.3) is 0 Å². The van der Waals surface area contributed by atoms with Crippen LogP contribution < -0.4 is 11.1 Å². The fourth-order valence-corrected chi connectivity index (χ4v) is 2.80. The van der Waals surface area contributed by atoms with Crippen LogP contribution >= 0.6 is 0 Å². The first kappa shape index (κ1) is 14.1. The lowest BCUT2D eigenvalue weighted by molar-refractivity contribution is 0.253. The van der Waals surface area contributed by atoms with Gasteiger partial charge in [-0.2, -0.15) is 0 Å². The predicted molar refractivity (Wildman–Crippen MR) is 75.8 cm³/mol. The van der Waals surface area contributed by atoms with Crippen LogP contribution in [-0.4, -0.2) is 32.9 Å². The van der Waals surface area contributed by atoms with Crippen LogP contribution in [0.4, 0.5) is 11.4 Å². The Hall–Kier alpha value is -1.27. The van der Waals surface area contributed by atoms with Crippen molar-refractivity contribution in [1.29, 1.82) is 0 Å². The lowest BCUT2D eigenvalue weighted by atomic mass is 10.0. The van der Waals surface area contributed by atoms with Gasteiger partial charge in [-0.25, -0.2) is 8.42 Å². The van der Waals surface area contributed by atoms with Gasteiger partial charge in [0.15, 0.2) is 9.84 Å². The van der Waals surface area contributed by atoms with Crippen LogP contribution in [0.3, 0.4) is 0 Å². The number of hydrogen-bond acceptors (Lipinski definition) is 5. The molecule has 1 aliphatic carbocycles. The fraction of sp³-hybridized carbons (Fsp3) is 0.538. The molecule has 0 bridgehead atoms. The molecule has 106 valence electrons. The van der Waals surface area contributed by atoms with E-state index in [0.717, 1.165) is 37.8 Å². The molecule has 0 amide bonds. The highest BCUT2D eigenvalue weighted by Crippen LogP contribution is 2.48. The number of benzene rings is 1. The number of nitrogens with two attached hydrogens (primary N) is 1. The normalized spacial score (nSPS) is 17.2. The molecule has 6 heteroatoms. The molecule has 19 heavy (non-hydrogen) atoms. The van der Waals surface area contributed by atoms with Gasteiger partial charge in [0.1, 0.15) is 0 Å². The Morgan fingerprint density at radius 1 is 1.42 bits per heavy atom. The Morgan fingerprint density at radius 2 is 2.11 bits per heavy atom. The Labute approximate surface area is 113 Å². The maximum absolute atomic E-state index is 11.4. The van der Waals surface area contributed by atoms with E-state index in [4.69, 9.17) is 10.8 Å². The molecule has 0 heterocycles.